The van der Waals surface area contributed by atoms with Gasteiger partial charge in [0.15, 0.2) is 11.6 Å². The lowest BCUT2D eigenvalue weighted by molar-refractivity contribution is -0.137. The Kier molecular flexibility index (Phi) is 4.35. The second-order valence-electron chi connectivity index (χ2n) is 4.89. The van der Waals surface area contributed by atoms with Gasteiger partial charge in [-0.3, -0.25) is 4.79 Å². The third-order valence-corrected chi connectivity index (χ3v) is 3.14. The fourth-order valence-corrected chi connectivity index (χ4v) is 2.00. The Hall–Kier alpha value is -2.25. The van der Waals surface area contributed by atoms with Gasteiger partial charge in [-0.1, -0.05) is 0 Å². The van der Waals surface area contributed by atoms with Crippen LogP contribution in [0, 0.1) is 23.4 Å². The number of aliphatic carboxylic acids is 1. The van der Waals surface area contributed by atoms with Gasteiger partial charge >= 0.3 is 12.0 Å². The maximum atomic E-state index is 13.4. The molecule has 21 heavy (non-hydrogen) atoms. The van der Waals surface area contributed by atoms with Crippen LogP contribution < -0.4 is 10.6 Å². The number of nitrogens with one attached hydrogen (secondary N) is 2. The van der Waals surface area contributed by atoms with Gasteiger partial charge in [0.2, 0.25) is 0 Å². The molecule has 0 bridgehead atoms. The van der Waals surface area contributed by atoms with Crippen LogP contribution in [0.3, 0.4) is 0 Å². The normalized spacial score (nSPS) is 15.4. The SMILES string of the molecule is O=C(O)CC(NC(=O)Nc1cc(F)cc(F)c1F)C1CC1. The predicted octanol–water partition coefficient (Wildman–Crippen LogP) is 2.48. The number of carbonyl (C=O) groups is 2. The van der Waals surface area contributed by atoms with Gasteiger partial charge in [-0.2, -0.15) is 0 Å². The third-order valence-electron chi connectivity index (χ3n) is 3.14. The van der Waals surface area contributed by atoms with Gasteiger partial charge < -0.3 is 15.7 Å². The highest BCUT2D eigenvalue weighted by atomic mass is 19.2. The van der Waals surface area contributed by atoms with Gasteiger partial charge in [0, 0.05) is 18.2 Å². The molecule has 114 valence electrons. The van der Waals surface area contributed by atoms with Gasteiger partial charge in [-0.25, -0.2) is 18.0 Å². The standard InChI is InChI=1S/C13H13F3N2O3/c14-7-3-8(15)12(16)10(4-7)18-13(21)17-9(5-11(19)20)6-1-2-6/h3-4,6,9H,1-2,5H2,(H,19,20)(H2,17,18,21). The minimum Gasteiger partial charge on any atom is -0.481 e. The lowest BCUT2D eigenvalue weighted by atomic mass is 10.1. The largest absolute Gasteiger partial charge is 0.481 e. The van der Waals surface area contributed by atoms with Crippen LogP contribution in [0.15, 0.2) is 12.1 Å². The Balaban J connectivity index is 2.02. The van der Waals surface area contributed by atoms with Crippen molar-refractivity contribution in [2.75, 3.05) is 5.32 Å². The highest BCUT2D eigenvalue weighted by Gasteiger charge is 2.33. The Morgan fingerprint density at radius 1 is 1.29 bits per heavy atom. The molecule has 5 nitrogen and oxygen atoms in total. The third kappa shape index (κ3) is 4.11. The van der Waals surface area contributed by atoms with Gasteiger partial charge in [0.25, 0.3) is 0 Å². The van der Waals surface area contributed by atoms with Crippen molar-refractivity contribution in [1.29, 1.82) is 0 Å². The van der Waals surface area contributed by atoms with Crippen molar-refractivity contribution in [3.8, 4) is 0 Å². The molecule has 1 aliphatic rings. The van der Waals surface area contributed by atoms with Crippen LogP contribution >= 0.6 is 0 Å². The first kappa shape index (κ1) is 15.1. The molecule has 8 heteroatoms. The summed E-state index contributed by atoms with van der Waals surface area (Å²) in [5, 5.41) is 13.1. The van der Waals surface area contributed by atoms with Crippen LogP contribution in [-0.2, 0) is 4.79 Å². The Bertz CT molecular complexity index is 576. The van der Waals surface area contributed by atoms with E-state index < -0.39 is 41.2 Å². The second kappa shape index (κ2) is 6.02. The van der Waals surface area contributed by atoms with E-state index in [0.717, 1.165) is 12.8 Å². The first-order valence-electron chi connectivity index (χ1n) is 6.30. The summed E-state index contributed by atoms with van der Waals surface area (Å²) in [6.45, 7) is 0. The lowest BCUT2D eigenvalue weighted by Crippen LogP contribution is -2.40. The van der Waals surface area contributed by atoms with Crippen LogP contribution in [0.4, 0.5) is 23.7 Å². The summed E-state index contributed by atoms with van der Waals surface area (Å²) in [5.41, 5.74) is -0.644. The quantitative estimate of drug-likeness (QED) is 0.731. The number of carboxylic acid groups (broad SMARTS) is 1. The van der Waals surface area contributed by atoms with Gasteiger partial charge in [0.1, 0.15) is 5.82 Å². The molecule has 1 aromatic carbocycles. The van der Waals surface area contributed by atoms with E-state index in [9.17, 15) is 22.8 Å². The Labute approximate surface area is 118 Å². The van der Waals surface area contributed by atoms with Crippen molar-refractivity contribution in [1.82, 2.24) is 5.32 Å². The number of hydrogen-bond acceptors (Lipinski definition) is 2. The van der Waals surface area contributed by atoms with E-state index in [1.54, 1.807) is 0 Å². The van der Waals surface area contributed by atoms with Crippen molar-refractivity contribution in [2.45, 2.75) is 25.3 Å². The molecule has 1 aliphatic carbocycles. The number of amides is 2. The molecule has 3 N–H and O–H groups in total. The second-order valence-corrected chi connectivity index (χ2v) is 4.89. The Morgan fingerprint density at radius 2 is 1.95 bits per heavy atom. The summed E-state index contributed by atoms with van der Waals surface area (Å²) >= 11 is 0. The van der Waals surface area contributed by atoms with E-state index in [4.69, 9.17) is 5.11 Å². The zero-order valence-electron chi connectivity index (χ0n) is 10.8. The first-order valence-corrected chi connectivity index (χ1v) is 6.30. The molecule has 1 fully saturated rings. The molecule has 1 aromatic rings. The number of hydrogen-bond donors (Lipinski definition) is 3. The number of halogens is 3. The number of urea groups is 1. The van der Waals surface area contributed by atoms with Crippen molar-refractivity contribution < 1.29 is 27.9 Å². The van der Waals surface area contributed by atoms with Crippen molar-refractivity contribution in [2.24, 2.45) is 5.92 Å². The van der Waals surface area contributed by atoms with E-state index in [0.29, 0.717) is 12.1 Å². The van der Waals surface area contributed by atoms with E-state index >= 15 is 0 Å². The summed E-state index contributed by atoms with van der Waals surface area (Å²) in [6.07, 6.45) is 1.32. The summed E-state index contributed by atoms with van der Waals surface area (Å²) in [7, 11) is 0. The highest BCUT2D eigenvalue weighted by Crippen LogP contribution is 2.34. The summed E-state index contributed by atoms with van der Waals surface area (Å²) in [4.78, 5) is 22.4. The molecule has 2 rings (SSSR count). The maximum absolute atomic E-state index is 13.4. The summed E-state index contributed by atoms with van der Waals surface area (Å²) in [5.74, 6) is -4.85. The Morgan fingerprint density at radius 3 is 2.52 bits per heavy atom. The van der Waals surface area contributed by atoms with E-state index in [1.807, 2.05) is 5.32 Å². The molecule has 0 aliphatic heterocycles. The molecular weight excluding hydrogens is 289 g/mol. The van der Waals surface area contributed by atoms with Gasteiger partial charge in [-0.15, -0.1) is 0 Å². The summed E-state index contributed by atoms with van der Waals surface area (Å²) in [6, 6.07) is -0.502. The van der Waals surface area contributed by atoms with Crippen molar-refractivity contribution in [3.63, 3.8) is 0 Å². The number of benzene rings is 1. The first-order chi connectivity index (χ1) is 9.86. The minimum absolute atomic E-state index is 0.0564. The monoisotopic (exact) mass is 302 g/mol. The van der Waals surface area contributed by atoms with Crippen molar-refractivity contribution in [3.05, 3.63) is 29.6 Å². The smallest absolute Gasteiger partial charge is 0.319 e. The van der Waals surface area contributed by atoms with Gasteiger partial charge in [-0.05, 0) is 18.8 Å². The number of carbonyl (C=O) groups excluding carboxylic acids is 1. The molecule has 1 unspecified atom stereocenters. The molecular formula is C13H13F3N2O3. The van der Waals surface area contributed by atoms with Crippen molar-refractivity contribution >= 4 is 17.7 Å². The molecule has 2 amide bonds. The maximum Gasteiger partial charge on any atom is 0.319 e. The van der Waals surface area contributed by atoms with Crippen LogP contribution in [0.25, 0.3) is 0 Å². The average Bonchev–Trinajstić information content (AvgIpc) is 3.18. The van der Waals surface area contributed by atoms with E-state index in [-0.39, 0.29) is 12.3 Å². The van der Waals surface area contributed by atoms with Crippen LogP contribution in [0.2, 0.25) is 0 Å². The molecule has 0 spiro atoms. The number of rotatable bonds is 5. The molecule has 0 radical (unpaired) electrons. The van der Waals surface area contributed by atoms with Crippen LogP contribution in [0.5, 0.6) is 0 Å². The minimum atomic E-state index is -1.42. The fourth-order valence-electron chi connectivity index (χ4n) is 2.00. The van der Waals surface area contributed by atoms with E-state index in [2.05, 4.69) is 5.32 Å². The summed E-state index contributed by atoms with van der Waals surface area (Å²) < 4.78 is 39.4. The van der Waals surface area contributed by atoms with Crippen LogP contribution in [0.1, 0.15) is 19.3 Å². The van der Waals surface area contributed by atoms with Crippen LogP contribution in [-0.4, -0.2) is 23.1 Å². The molecule has 0 heterocycles. The zero-order valence-corrected chi connectivity index (χ0v) is 10.8. The molecule has 0 saturated heterocycles. The molecule has 0 aromatic heterocycles. The number of anilines is 1. The molecule has 1 saturated carbocycles. The lowest BCUT2D eigenvalue weighted by Gasteiger charge is -2.17. The average molecular weight is 302 g/mol. The predicted molar refractivity (Wildman–Crippen MR) is 67.2 cm³/mol. The molecule has 1 atom stereocenters. The number of carboxylic acids is 1. The van der Waals surface area contributed by atoms with E-state index in [1.165, 1.54) is 0 Å². The fraction of sp³-hybridized carbons (Fsp3) is 0.385. The van der Waals surface area contributed by atoms with Gasteiger partial charge in [0.05, 0.1) is 12.1 Å². The zero-order chi connectivity index (χ0) is 15.6. The highest BCUT2D eigenvalue weighted by molar-refractivity contribution is 5.90. The topological polar surface area (TPSA) is 78.4 Å².